The molecule has 2 saturated carbocycles. The quantitative estimate of drug-likeness (QED) is 0.636. The van der Waals surface area contributed by atoms with Crippen LogP contribution < -0.4 is 11.5 Å². The molecular weight excluding hydrogens is 324 g/mol. The average molecular weight is 354 g/mol. The molecule has 6 N–H and O–H groups in total. The Balaban J connectivity index is 0.000000151. The van der Waals surface area contributed by atoms with Crippen LogP contribution in [0.2, 0.25) is 0 Å². The maximum absolute atomic E-state index is 9.08. The molecule has 2 aliphatic rings. The van der Waals surface area contributed by atoms with Gasteiger partial charge in [-0.05, 0) is 35.8 Å². The molecule has 2 aromatic rings. The van der Waals surface area contributed by atoms with E-state index in [0.717, 1.165) is 12.8 Å². The number of hydrogen-bond donors (Lipinski definition) is 4. The first-order chi connectivity index (χ1) is 12.7. The van der Waals surface area contributed by atoms with E-state index in [4.69, 9.17) is 21.7 Å². The van der Waals surface area contributed by atoms with Gasteiger partial charge in [-0.25, -0.2) is 0 Å². The topological polar surface area (TPSA) is 92.5 Å². The Morgan fingerprint density at radius 1 is 0.692 bits per heavy atom. The Hall–Kier alpha value is -1.72. The summed E-state index contributed by atoms with van der Waals surface area (Å²) >= 11 is 0. The molecule has 0 radical (unpaired) electrons. The molecule has 4 rings (SSSR count). The van der Waals surface area contributed by atoms with Crippen molar-refractivity contribution >= 4 is 0 Å². The highest BCUT2D eigenvalue weighted by molar-refractivity contribution is 5.35. The molecule has 0 unspecified atom stereocenters. The number of benzene rings is 2. The summed E-state index contributed by atoms with van der Waals surface area (Å²) in [5.41, 5.74) is 14.2. The molecule has 0 spiro atoms. The van der Waals surface area contributed by atoms with Crippen molar-refractivity contribution < 1.29 is 10.2 Å². The van der Waals surface area contributed by atoms with Crippen LogP contribution in [0.15, 0.2) is 60.7 Å². The van der Waals surface area contributed by atoms with Gasteiger partial charge in [0, 0.05) is 37.1 Å². The van der Waals surface area contributed by atoms with E-state index in [2.05, 4.69) is 24.3 Å². The lowest BCUT2D eigenvalue weighted by molar-refractivity contribution is 0.264. The summed E-state index contributed by atoms with van der Waals surface area (Å²) in [4.78, 5) is 0. The molecule has 0 bridgehead atoms. The van der Waals surface area contributed by atoms with E-state index in [1.807, 2.05) is 36.4 Å². The first-order valence-corrected chi connectivity index (χ1v) is 9.39. The highest BCUT2D eigenvalue weighted by Gasteiger charge is 2.54. The molecule has 26 heavy (non-hydrogen) atoms. The Kier molecular flexibility index (Phi) is 5.78. The van der Waals surface area contributed by atoms with E-state index in [0.29, 0.717) is 24.9 Å². The summed E-state index contributed by atoms with van der Waals surface area (Å²) in [5, 5.41) is 18.2. The molecule has 0 saturated heterocycles. The van der Waals surface area contributed by atoms with E-state index < -0.39 is 0 Å². The van der Waals surface area contributed by atoms with Gasteiger partial charge in [0.25, 0.3) is 0 Å². The van der Waals surface area contributed by atoms with Crippen molar-refractivity contribution in [1.29, 1.82) is 0 Å². The maximum atomic E-state index is 9.08. The van der Waals surface area contributed by atoms with E-state index in [1.165, 1.54) is 11.1 Å². The summed E-state index contributed by atoms with van der Waals surface area (Å²) in [6, 6.07) is 20.5. The Morgan fingerprint density at radius 3 is 1.27 bits per heavy atom. The lowest BCUT2D eigenvalue weighted by Crippen LogP contribution is -2.23. The predicted molar refractivity (Wildman–Crippen MR) is 105 cm³/mol. The van der Waals surface area contributed by atoms with Crippen LogP contribution in [0.25, 0.3) is 0 Å². The smallest absolute Gasteiger partial charge is 0.0468 e. The van der Waals surface area contributed by atoms with Crippen LogP contribution in [0.4, 0.5) is 0 Å². The van der Waals surface area contributed by atoms with Gasteiger partial charge in [0.1, 0.15) is 0 Å². The highest BCUT2D eigenvalue weighted by atomic mass is 16.3. The molecule has 2 fully saturated rings. The molecule has 0 heterocycles. The lowest BCUT2D eigenvalue weighted by Gasteiger charge is -2.14. The fourth-order valence-corrected chi connectivity index (χ4v) is 4.22. The van der Waals surface area contributed by atoms with E-state index in [1.54, 1.807) is 0 Å². The van der Waals surface area contributed by atoms with Crippen molar-refractivity contribution in [2.45, 2.75) is 23.7 Å². The van der Waals surface area contributed by atoms with Crippen LogP contribution in [0.5, 0.6) is 0 Å². The molecule has 4 atom stereocenters. The van der Waals surface area contributed by atoms with Gasteiger partial charge in [-0.2, -0.15) is 0 Å². The van der Waals surface area contributed by atoms with E-state index in [-0.39, 0.29) is 24.0 Å². The molecular formula is C22H30N2O2. The van der Waals surface area contributed by atoms with Crippen molar-refractivity contribution in [3.05, 3.63) is 71.8 Å². The second-order valence-corrected chi connectivity index (χ2v) is 7.62. The summed E-state index contributed by atoms with van der Waals surface area (Å²) in [6.07, 6.45) is 2.06. The fraction of sp³-hybridized carbons (Fsp3) is 0.455. The van der Waals surface area contributed by atoms with Crippen LogP contribution in [-0.4, -0.2) is 36.5 Å². The van der Waals surface area contributed by atoms with Crippen molar-refractivity contribution in [3.8, 4) is 0 Å². The first-order valence-electron chi connectivity index (χ1n) is 9.39. The van der Waals surface area contributed by atoms with Gasteiger partial charge < -0.3 is 21.7 Å². The van der Waals surface area contributed by atoms with Gasteiger partial charge in [0.05, 0.1) is 0 Å². The van der Waals surface area contributed by atoms with Crippen LogP contribution in [0.1, 0.15) is 24.0 Å². The summed E-state index contributed by atoms with van der Waals surface area (Å²) in [7, 11) is 0. The fourth-order valence-electron chi connectivity index (χ4n) is 4.22. The van der Waals surface area contributed by atoms with Crippen molar-refractivity contribution in [3.63, 3.8) is 0 Å². The Bertz CT molecular complexity index is 632. The van der Waals surface area contributed by atoms with Gasteiger partial charge in [0.15, 0.2) is 0 Å². The third-order valence-electron chi connectivity index (χ3n) is 6.33. The predicted octanol–water partition coefficient (Wildman–Crippen LogP) is 1.79. The van der Waals surface area contributed by atoms with Crippen molar-refractivity contribution in [2.24, 2.45) is 23.3 Å². The molecule has 0 amide bonds. The minimum absolute atomic E-state index is 0.0794. The monoisotopic (exact) mass is 354 g/mol. The minimum atomic E-state index is 0.0794. The van der Waals surface area contributed by atoms with Crippen LogP contribution in [0.3, 0.4) is 0 Å². The zero-order valence-corrected chi connectivity index (χ0v) is 15.2. The van der Waals surface area contributed by atoms with Crippen LogP contribution in [-0.2, 0) is 10.8 Å². The first kappa shape index (κ1) is 19.1. The van der Waals surface area contributed by atoms with Gasteiger partial charge >= 0.3 is 0 Å². The second kappa shape index (κ2) is 7.89. The molecule has 0 aliphatic heterocycles. The largest absolute Gasteiger partial charge is 0.396 e. The van der Waals surface area contributed by atoms with Gasteiger partial charge in [0.2, 0.25) is 0 Å². The van der Waals surface area contributed by atoms with Gasteiger partial charge in [-0.15, -0.1) is 0 Å². The second-order valence-electron chi connectivity index (χ2n) is 7.62. The minimum Gasteiger partial charge on any atom is -0.396 e. The van der Waals surface area contributed by atoms with Crippen LogP contribution >= 0.6 is 0 Å². The summed E-state index contributed by atoms with van der Waals surface area (Å²) in [6.45, 7) is 1.79. The molecule has 140 valence electrons. The molecule has 4 heteroatoms. The number of rotatable bonds is 6. The van der Waals surface area contributed by atoms with E-state index in [9.17, 15) is 0 Å². The van der Waals surface area contributed by atoms with Crippen molar-refractivity contribution in [1.82, 2.24) is 0 Å². The summed E-state index contributed by atoms with van der Waals surface area (Å²) in [5.74, 6) is 0.750. The lowest BCUT2D eigenvalue weighted by atomic mass is 9.93. The average Bonchev–Trinajstić information content (AvgIpc) is 3.63. The van der Waals surface area contributed by atoms with E-state index >= 15 is 0 Å². The number of hydrogen-bond acceptors (Lipinski definition) is 4. The van der Waals surface area contributed by atoms with Crippen LogP contribution in [0, 0.1) is 11.8 Å². The molecule has 4 nitrogen and oxygen atoms in total. The molecule has 2 aliphatic carbocycles. The zero-order valence-electron chi connectivity index (χ0n) is 15.2. The number of aliphatic hydroxyl groups excluding tert-OH is 2. The third-order valence-corrected chi connectivity index (χ3v) is 6.33. The SMILES string of the molecule is NC[C@@]1(c2ccccc2)C[C@H]1CO.NC[C@]1(c2ccccc2)C[C@H]1CO. The molecule has 0 aromatic heterocycles. The van der Waals surface area contributed by atoms with Gasteiger partial charge in [-0.3, -0.25) is 0 Å². The normalized spacial score (nSPS) is 31.7. The Morgan fingerprint density at radius 2 is 1.04 bits per heavy atom. The zero-order chi connectivity index (χ0) is 18.6. The molecule has 2 aromatic carbocycles. The summed E-state index contributed by atoms with van der Waals surface area (Å²) < 4.78 is 0. The third kappa shape index (κ3) is 3.42. The highest BCUT2D eigenvalue weighted by Crippen LogP contribution is 2.53. The standard InChI is InChI=1S/2C11H15NO/c2*12-8-11(6-10(11)7-13)9-4-2-1-3-5-9/h2*1-5,10,13H,6-8,12H2/t10-,11+;10-,11-/m00/s1. The van der Waals surface area contributed by atoms with Crippen molar-refractivity contribution in [2.75, 3.05) is 26.3 Å². The number of nitrogens with two attached hydrogens (primary N) is 2. The number of aliphatic hydroxyl groups is 2. The van der Waals surface area contributed by atoms with Gasteiger partial charge in [-0.1, -0.05) is 60.7 Å². The maximum Gasteiger partial charge on any atom is 0.0468 e. The Labute approximate surface area is 155 Å².